The number of thioether (sulfide) groups is 1. The molecule has 6 heteroatoms. The number of ketones is 1. The number of fused-ring (bicyclic) bond motifs is 3. The van der Waals surface area contributed by atoms with Gasteiger partial charge in [-0.05, 0) is 43.4 Å². The fraction of sp³-hybridized carbons (Fsp3) is 0.278. The second-order valence-electron chi connectivity index (χ2n) is 5.76. The quantitative estimate of drug-likeness (QED) is 0.357. The van der Waals surface area contributed by atoms with Crippen LogP contribution in [0.5, 0.6) is 0 Å². The van der Waals surface area contributed by atoms with E-state index in [0.29, 0.717) is 16.3 Å². The van der Waals surface area contributed by atoms with Crippen molar-refractivity contribution in [3.63, 3.8) is 0 Å². The number of thiophene rings is 1. The number of carbonyl (C=O) groups excluding carboxylic acids is 1. The molecule has 0 saturated heterocycles. The molecule has 1 aromatic carbocycles. The van der Waals surface area contributed by atoms with Gasteiger partial charge in [0.15, 0.2) is 5.78 Å². The third kappa shape index (κ3) is 2.96. The van der Waals surface area contributed by atoms with Crippen LogP contribution in [0.1, 0.15) is 33.6 Å². The van der Waals surface area contributed by atoms with E-state index in [9.17, 15) is 4.79 Å². The molecule has 2 aromatic heterocycles. The van der Waals surface area contributed by atoms with Gasteiger partial charge in [-0.3, -0.25) is 4.79 Å². The van der Waals surface area contributed by atoms with Crippen molar-refractivity contribution < 1.29 is 4.79 Å². The zero-order valence-corrected chi connectivity index (χ0v) is 15.3. The lowest BCUT2D eigenvalue weighted by atomic mass is 9.97. The van der Waals surface area contributed by atoms with Gasteiger partial charge < -0.3 is 0 Å². The molecule has 0 amide bonds. The van der Waals surface area contributed by atoms with E-state index < -0.39 is 0 Å². The minimum absolute atomic E-state index is 0.0291. The van der Waals surface area contributed by atoms with Crippen LogP contribution in [0.4, 0.5) is 0 Å². The van der Waals surface area contributed by atoms with E-state index in [4.69, 9.17) is 11.6 Å². The summed E-state index contributed by atoms with van der Waals surface area (Å²) in [4.78, 5) is 23.8. The minimum Gasteiger partial charge on any atom is -0.293 e. The lowest BCUT2D eigenvalue weighted by Gasteiger charge is -2.11. The number of benzene rings is 1. The molecule has 0 atom stereocenters. The summed E-state index contributed by atoms with van der Waals surface area (Å²) < 4.78 is 0. The lowest BCUT2D eigenvalue weighted by molar-refractivity contribution is 0.102. The van der Waals surface area contributed by atoms with Crippen LogP contribution in [0.15, 0.2) is 35.6 Å². The van der Waals surface area contributed by atoms with Crippen LogP contribution in [0, 0.1) is 0 Å². The van der Waals surface area contributed by atoms with Gasteiger partial charge in [-0.1, -0.05) is 35.5 Å². The Balaban J connectivity index is 1.62. The van der Waals surface area contributed by atoms with E-state index in [1.54, 1.807) is 29.8 Å². The average molecular weight is 375 g/mol. The van der Waals surface area contributed by atoms with Gasteiger partial charge in [-0.2, -0.15) is 0 Å². The van der Waals surface area contributed by atoms with Gasteiger partial charge >= 0.3 is 0 Å². The number of rotatable bonds is 4. The van der Waals surface area contributed by atoms with Crippen LogP contribution in [0.25, 0.3) is 10.2 Å². The van der Waals surface area contributed by atoms with Crippen molar-refractivity contribution in [1.82, 2.24) is 9.97 Å². The summed E-state index contributed by atoms with van der Waals surface area (Å²) in [6.45, 7) is 0. The van der Waals surface area contributed by atoms with Gasteiger partial charge in [0.2, 0.25) is 0 Å². The van der Waals surface area contributed by atoms with Gasteiger partial charge in [0.25, 0.3) is 0 Å². The van der Waals surface area contributed by atoms with E-state index in [0.717, 1.165) is 28.1 Å². The average Bonchev–Trinajstić information content (AvgIpc) is 2.99. The van der Waals surface area contributed by atoms with Gasteiger partial charge in [0, 0.05) is 15.8 Å². The van der Waals surface area contributed by atoms with Crippen molar-refractivity contribution in [3.05, 3.63) is 51.6 Å². The van der Waals surface area contributed by atoms with E-state index in [1.807, 2.05) is 12.1 Å². The van der Waals surface area contributed by atoms with Gasteiger partial charge in [-0.25, -0.2) is 9.97 Å². The molecule has 0 N–H and O–H groups in total. The number of carbonyl (C=O) groups is 1. The predicted octanol–water partition coefficient (Wildman–Crippen LogP) is 5.20. The van der Waals surface area contributed by atoms with Crippen molar-refractivity contribution in [2.45, 2.75) is 30.7 Å². The third-order valence-corrected chi connectivity index (χ3v) is 6.75. The maximum absolute atomic E-state index is 12.5. The molecule has 122 valence electrons. The molecule has 1 aliphatic carbocycles. The first kappa shape index (κ1) is 16.1. The van der Waals surface area contributed by atoms with Crippen molar-refractivity contribution in [2.75, 3.05) is 5.75 Å². The molecule has 24 heavy (non-hydrogen) atoms. The normalized spacial score (nSPS) is 13.9. The second-order valence-corrected chi connectivity index (χ2v) is 8.22. The van der Waals surface area contributed by atoms with Crippen LogP contribution < -0.4 is 0 Å². The molecular formula is C18H15ClN2OS2. The van der Waals surface area contributed by atoms with Gasteiger partial charge in [0.05, 0.1) is 10.8 Å². The summed E-state index contributed by atoms with van der Waals surface area (Å²) in [7, 11) is 0. The third-order valence-electron chi connectivity index (χ3n) is 4.23. The van der Waals surface area contributed by atoms with E-state index in [-0.39, 0.29) is 5.78 Å². The zero-order chi connectivity index (χ0) is 16.5. The van der Waals surface area contributed by atoms with Crippen molar-refractivity contribution >= 4 is 50.7 Å². The summed E-state index contributed by atoms with van der Waals surface area (Å²) in [5, 5.41) is 2.58. The van der Waals surface area contributed by atoms with E-state index >= 15 is 0 Å². The summed E-state index contributed by atoms with van der Waals surface area (Å²) >= 11 is 9.38. The summed E-state index contributed by atoms with van der Waals surface area (Å²) in [6.07, 6.45) is 6.30. The fourth-order valence-electron chi connectivity index (χ4n) is 3.07. The topological polar surface area (TPSA) is 42.9 Å². The second kappa shape index (κ2) is 6.82. The molecule has 0 fully saturated rings. The number of hydrogen-bond acceptors (Lipinski definition) is 5. The highest BCUT2D eigenvalue weighted by atomic mass is 35.5. The Hall–Kier alpha value is -1.43. The van der Waals surface area contributed by atoms with Crippen molar-refractivity contribution in [3.8, 4) is 0 Å². The van der Waals surface area contributed by atoms with Crippen LogP contribution in [0.3, 0.4) is 0 Å². The Morgan fingerprint density at radius 3 is 2.92 bits per heavy atom. The molecule has 3 aromatic rings. The standard InChI is InChI=1S/C18H15ClN2OS2/c19-13-7-3-1-5-11(13)14(22)9-23-17-16-12-6-2-4-8-15(12)24-18(16)21-10-20-17/h1,3,5,7,10H,2,4,6,8-9H2. The minimum atomic E-state index is 0.0291. The zero-order valence-electron chi connectivity index (χ0n) is 12.9. The van der Waals surface area contributed by atoms with Gasteiger partial charge in [-0.15, -0.1) is 11.3 Å². The Labute approximate surface area is 153 Å². The number of aromatic nitrogens is 2. The molecule has 0 radical (unpaired) electrons. The molecule has 0 spiro atoms. The Morgan fingerprint density at radius 1 is 1.21 bits per heavy atom. The van der Waals surface area contributed by atoms with Crippen molar-refractivity contribution in [2.24, 2.45) is 0 Å². The number of Topliss-reactive ketones (excluding diaryl/α,β-unsaturated/α-hetero) is 1. The van der Waals surface area contributed by atoms with Crippen LogP contribution >= 0.6 is 34.7 Å². The first-order chi connectivity index (χ1) is 11.7. The van der Waals surface area contributed by atoms with E-state index in [2.05, 4.69) is 9.97 Å². The number of nitrogens with zero attached hydrogens (tertiary/aromatic N) is 2. The van der Waals surface area contributed by atoms with E-state index in [1.165, 1.54) is 35.0 Å². The first-order valence-electron chi connectivity index (χ1n) is 7.90. The summed E-state index contributed by atoms with van der Waals surface area (Å²) in [6, 6.07) is 7.19. The summed E-state index contributed by atoms with van der Waals surface area (Å²) in [5.41, 5.74) is 1.97. The SMILES string of the molecule is O=C(CSc1ncnc2sc3c(c12)CCCC3)c1ccccc1Cl. The van der Waals surface area contributed by atoms with Crippen LogP contribution in [-0.2, 0) is 12.8 Å². The fourth-order valence-corrected chi connectivity index (χ4v) is 5.51. The van der Waals surface area contributed by atoms with Crippen LogP contribution in [-0.4, -0.2) is 21.5 Å². The van der Waals surface area contributed by atoms with Crippen LogP contribution in [0.2, 0.25) is 5.02 Å². The monoisotopic (exact) mass is 374 g/mol. The van der Waals surface area contributed by atoms with Crippen molar-refractivity contribution in [1.29, 1.82) is 0 Å². The molecule has 0 saturated carbocycles. The number of halogens is 1. The molecule has 3 nitrogen and oxygen atoms in total. The molecule has 1 aliphatic rings. The molecule has 4 rings (SSSR count). The number of hydrogen-bond donors (Lipinski definition) is 0. The lowest BCUT2D eigenvalue weighted by Crippen LogP contribution is -2.04. The Bertz CT molecular complexity index is 923. The Kier molecular flexibility index (Phi) is 4.57. The highest BCUT2D eigenvalue weighted by Crippen LogP contribution is 2.39. The maximum atomic E-state index is 12.5. The molecule has 0 bridgehead atoms. The highest BCUT2D eigenvalue weighted by Gasteiger charge is 2.20. The maximum Gasteiger partial charge on any atom is 0.174 e. The molecular weight excluding hydrogens is 360 g/mol. The Morgan fingerprint density at radius 2 is 2.04 bits per heavy atom. The van der Waals surface area contributed by atoms with Gasteiger partial charge in [0.1, 0.15) is 16.2 Å². The molecule has 0 unspecified atom stereocenters. The highest BCUT2D eigenvalue weighted by molar-refractivity contribution is 8.00. The summed E-state index contributed by atoms with van der Waals surface area (Å²) in [5.74, 6) is 0.363. The number of aryl methyl sites for hydroxylation is 2. The predicted molar refractivity (Wildman–Crippen MR) is 101 cm³/mol. The largest absolute Gasteiger partial charge is 0.293 e. The molecule has 2 heterocycles. The first-order valence-corrected chi connectivity index (χ1v) is 10.1. The smallest absolute Gasteiger partial charge is 0.174 e. The molecule has 0 aliphatic heterocycles.